The van der Waals surface area contributed by atoms with E-state index in [2.05, 4.69) is 0 Å². The Labute approximate surface area is 74.9 Å². The van der Waals surface area contributed by atoms with E-state index in [0.29, 0.717) is 0 Å². The van der Waals surface area contributed by atoms with Crippen molar-refractivity contribution < 1.29 is 4.79 Å². The number of amides is 1. The van der Waals surface area contributed by atoms with Gasteiger partial charge in [0, 0.05) is 13.1 Å². The quantitative estimate of drug-likeness (QED) is 0.672. The van der Waals surface area contributed by atoms with Crippen LogP contribution in [0.25, 0.3) is 0 Å². The third-order valence-corrected chi connectivity index (χ3v) is 1.99. The van der Waals surface area contributed by atoms with Crippen molar-refractivity contribution in [1.82, 2.24) is 4.90 Å². The Kier molecular flexibility index (Phi) is 5.72. The number of nitrogens with two attached hydrogens (primary N) is 1. The van der Waals surface area contributed by atoms with Crippen LogP contribution < -0.4 is 5.73 Å². The first-order chi connectivity index (χ1) is 5.67. The second-order valence-corrected chi connectivity index (χ2v) is 2.91. The van der Waals surface area contributed by atoms with Gasteiger partial charge < -0.3 is 10.6 Å². The summed E-state index contributed by atoms with van der Waals surface area (Å²) in [6.45, 7) is 7.50. The highest BCUT2D eigenvalue weighted by Gasteiger charge is 2.16. The van der Waals surface area contributed by atoms with Gasteiger partial charge in [0.05, 0.1) is 6.04 Å². The van der Waals surface area contributed by atoms with Gasteiger partial charge in [-0.25, -0.2) is 0 Å². The van der Waals surface area contributed by atoms with Gasteiger partial charge >= 0.3 is 0 Å². The van der Waals surface area contributed by atoms with Gasteiger partial charge in [0.15, 0.2) is 0 Å². The van der Waals surface area contributed by atoms with Crippen LogP contribution >= 0.6 is 0 Å². The lowest BCUT2D eigenvalue weighted by molar-refractivity contribution is -0.132. The zero-order chi connectivity index (χ0) is 9.56. The Morgan fingerprint density at radius 1 is 1.33 bits per heavy atom. The van der Waals surface area contributed by atoms with Crippen LogP contribution in [0.3, 0.4) is 0 Å². The molecule has 3 heteroatoms. The van der Waals surface area contributed by atoms with Crippen molar-refractivity contribution >= 4 is 5.91 Å². The number of hydrogen-bond acceptors (Lipinski definition) is 2. The Bertz CT molecular complexity index is 132. The first kappa shape index (κ1) is 11.4. The summed E-state index contributed by atoms with van der Waals surface area (Å²) in [6, 6.07) is -0.296. The van der Waals surface area contributed by atoms with E-state index < -0.39 is 0 Å². The summed E-state index contributed by atoms with van der Waals surface area (Å²) in [7, 11) is 0. The molecule has 0 rings (SSSR count). The summed E-state index contributed by atoms with van der Waals surface area (Å²) in [4.78, 5) is 13.3. The molecule has 0 aliphatic heterocycles. The van der Waals surface area contributed by atoms with Crippen molar-refractivity contribution in [1.29, 1.82) is 0 Å². The molecule has 72 valence electrons. The monoisotopic (exact) mass is 172 g/mol. The summed E-state index contributed by atoms with van der Waals surface area (Å²) in [5, 5.41) is 0. The average Bonchev–Trinajstić information content (AvgIpc) is 2.07. The maximum Gasteiger partial charge on any atom is 0.239 e. The number of likely N-dealkylation sites (N-methyl/N-ethyl adjacent to an activating group) is 1. The molecule has 0 spiro atoms. The standard InChI is InChI=1S/C9H20N2O/c1-4-7-8(10)9(12)11(5-2)6-3/h8H,4-7,10H2,1-3H3. The van der Waals surface area contributed by atoms with Crippen LogP contribution in [-0.2, 0) is 4.79 Å². The van der Waals surface area contributed by atoms with E-state index >= 15 is 0 Å². The van der Waals surface area contributed by atoms with Gasteiger partial charge in [0.2, 0.25) is 5.91 Å². The molecule has 0 saturated carbocycles. The molecule has 0 aliphatic rings. The second kappa shape index (κ2) is 6.00. The van der Waals surface area contributed by atoms with Crippen molar-refractivity contribution in [2.45, 2.75) is 39.7 Å². The molecule has 0 saturated heterocycles. The minimum Gasteiger partial charge on any atom is -0.342 e. The molecule has 3 nitrogen and oxygen atoms in total. The fourth-order valence-electron chi connectivity index (χ4n) is 1.20. The van der Waals surface area contributed by atoms with Gasteiger partial charge in [0.1, 0.15) is 0 Å². The van der Waals surface area contributed by atoms with Gasteiger partial charge in [0.25, 0.3) is 0 Å². The molecule has 0 aromatic carbocycles. The topological polar surface area (TPSA) is 46.3 Å². The lowest BCUT2D eigenvalue weighted by Gasteiger charge is -2.22. The Morgan fingerprint density at radius 3 is 2.17 bits per heavy atom. The minimum atomic E-state index is -0.296. The summed E-state index contributed by atoms with van der Waals surface area (Å²) < 4.78 is 0. The SMILES string of the molecule is CCCC(N)C(=O)N(CC)CC. The summed E-state index contributed by atoms with van der Waals surface area (Å²) >= 11 is 0. The van der Waals surface area contributed by atoms with Gasteiger partial charge in [-0.3, -0.25) is 4.79 Å². The van der Waals surface area contributed by atoms with Gasteiger partial charge in [-0.05, 0) is 20.3 Å². The van der Waals surface area contributed by atoms with Crippen LogP contribution in [0, 0.1) is 0 Å². The number of nitrogens with zero attached hydrogens (tertiary/aromatic N) is 1. The van der Waals surface area contributed by atoms with E-state index in [-0.39, 0.29) is 11.9 Å². The lowest BCUT2D eigenvalue weighted by atomic mass is 10.1. The van der Waals surface area contributed by atoms with Crippen molar-refractivity contribution in [3.63, 3.8) is 0 Å². The van der Waals surface area contributed by atoms with Crippen LogP contribution in [0.2, 0.25) is 0 Å². The largest absolute Gasteiger partial charge is 0.342 e. The van der Waals surface area contributed by atoms with Crippen molar-refractivity contribution in [2.75, 3.05) is 13.1 Å². The molecule has 0 radical (unpaired) electrons. The number of rotatable bonds is 5. The molecule has 0 fully saturated rings. The average molecular weight is 172 g/mol. The van der Waals surface area contributed by atoms with Crippen molar-refractivity contribution in [3.8, 4) is 0 Å². The van der Waals surface area contributed by atoms with Gasteiger partial charge in [-0.2, -0.15) is 0 Å². The first-order valence-corrected chi connectivity index (χ1v) is 4.71. The molecule has 12 heavy (non-hydrogen) atoms. The smallest absolute Gasteiger partial charge is 0.239 e. The normalized spacial score (nSPS) is 12.7. The zero-order valence-electron chi connectivity index (χ0n) is 8.34. The fourth-order valence-corrected chi connectivity index (χ4v) is 1.20. The summed E-state index contributed by atoms with van der Waals surface area (Å²) in [6.07, 6.45) is 1.75. The van der Waals surface area contributed by atoms with Crippen LogP contribution in [0.5, 0.6) is 0 Å². The molecule has 1 amide bonds. The summed E-state index contributed by atoms with van der Waals surface area (Å²) in [5.74, 6) is 0.0850. The first-order valence-electron chi connectivity index (χ1n) is 4.71. The Hall–Kier alpha value is -0.570. The highest BCUT2D eigenvalue weighted by Crippen LogP contribution is 1.99. The molecular weight excluding hydrogens is 152 g/mol. The lowest BCUT2D eigenvalue weighted by Crippen LogP contribution is -2.43. The maximum atomic E-state index is 11.5. The molecule has 0 aromatic rings. The van der Waals surface area contributed by atoms with Crippen LogP contribution in [0.1, 0.15) is 33.6 Å². The van der Waals surface area contributed by atoms with E-state index in [4.69, 9.17) is 5.73 Å². The number of carbonyl (C=O) groups is 1. The zero-order valence-corrected chi connectivity index (χ0v) is 8.34. The van der Waals surface area contributed by atoms with Crippen LogP contribution in [-0.4, -0.2) is 29.9 Å². The van der Waals surface area contributed by atoms with Gasteiger partial charge in [-0.1, -0.05) is 13.3 Å². The predicted octanol–water partition coefficient (Wildman–Crippen LogP) is 0.982. The van der Waals surface area contributed by atoms with E-state index in [1.165, 1.54) is 0 Å². The molecular formula is C9H20N2O. The highest BCUT2D eigenvalue weighted by molar-refractivity contribution is 5.81. The molecule has 1 unspecified atom stereocenters. The maximum absolute atomic E-state index is 11.5. The molecule has 0 aromatic heterocycles. The third-order valence-electron chi connectivity index (χ3n) is 1.99. The Balaban J connectivity index is 3.97. The molecule has 0 aliphatic carbocycles. The van der Waals surface area contributed by atoms with Crippen LogP contribution in [0.15, 0.2) is 0 Å². The Morgan fingerprint density at radius 2 is 1.83 bits per heavy atom. The summed E-state index contributed by atoms with van der Waals surface area (Å²) in [5.41, 5.74) is 5.69. The highest BCUT2D eigenvalue weighted by atomic mass is 16.2. The fraction of sp³-hybridized carbons (Fsp3) is 0.889. The van der Waals surface area contributed by atoms with Gasteiger partial charge in [-0.15, -0.1) is 0 Å². The van der Waals surface area contributed by atoms with Crippen molar-refractivity contribution in [2.24, 2.45) is 5.73 Å². The predicted molar refractivity (Wildman–Crippen MR) is 50.8 cm³/mol. The molecule has 0 bridgehead atoms. The minimum absolute atomic E-state index is 0.0850. The molecule has 2 N–H and O–H groups in total. The van der Waals surface area contributed by atoms with E-state index in [1.807, 2.05) is 20.8 Å². The second-order valence-electron chi connectivity index (χ2n) is 2.91. The van der Waals surface area contributed by atoms with E-state index in [0.717, 1.165) is 25.9 Å². The number of carbonyl (C=O) groups excluding carboxylic acids is 1. The molecule has 1 atom stereocenters. The number of hydrogen-bond donors (Lipinski definition) is 1. The van der Waals surface area contributed by atoms with Crippen molar-refractivity contribution in [3.05, 3.63) is 0 Å². The van der Waals surface area contributed by atoms with Crippen LogP contribution in [0.4, 0.5) is 0 Å². The van der Waals surface area contributed by atoms with E-state index in [1.54, 1.807) is 4.90 Å². The van der Waals surface area contributed by atoms with E-state index in [9.17, 15) is 4.79 Å². The third kappa shape index (κ3) is 3.22. The molecule has 0 heterocycles.